The molecule has 0 saturated heterocycles. The molecule has 0 aromatic carbocycles. The Hall–Kier alpha value is -2.52. The van der Waals surface area contributed by atoms with Crippen LogP contribution >= 0.6 is 24.4 Å². The summed E-state index contributed by atoms with van der Waals surface area (Å²) in [5.41, 5.74) is 5.74. The molecular weight excluding hydrogens is 468 g/mol. The highest BCUT2D eigenvalue weighted by atomic mass is 32.2. The summed E-state index contributed by atoms with van der Waals surface area (Å²) < 4.78 is 0. The summed E-state index contributed by atoms with van der Waals surface area (Å²) in [5, 5.41) is 33.3. The van der Waals surface area contributed by atoms with Crippen molar-refractivity contribution >= 4 is 60.0 Å². The van der Waals surface area contributed by atoms with Gasteiger partial charge in [-0.25, -0.2) is 4.79 Å². The first-order valence-corrected chi connectivity index (χ1v) is 11.4. The molecule has 0 fully saturated rings. The second-order valence-electron chi connectivity index (χ2n) is 6.62. The van der Waals surface area contributed by atoms with E-state index in [0.717, 1.165) is 0 Å². The summed E-state index contributed by atoms with van der Waals surface area (Å²) in [6, 6.07) is -5.38. The summed E-state index contributed by atoms with van der Waals surface area (Å²) in [7, 11) is 0. The number of hydrogen-bond acceptors (Lipinski definition) is 9. The first-order chi connectivity index (χ1) is 14.9. The molecule has 0 aliphatic carbocycles. The van der Waals surface area contributed by atoms with Gasteiger partial charge in [0.1, 0.15) is 18.1 Å². The molecule has 0 heterocycles. The molecule has 0 radical (unpaired) electrons. The fraction of sp³-hybridized carbons (Fsp3) is 0.647. The van der Waals surface area contributed by atoms with Crippen LogP contribution in [0.25, 0.3) is 0 Å². The second-order valence-corrected chi connectivity index (χ2v) is 7.97. The van der Waals surface area contributed by atoms with E-state index in [2.05, 4.69) is 23.3 Å². The molecule has 0 aromatic heterocycles. The van der Waals surface area contributed by atoms with Crippen molar-refractivity contribution in [2.45, 2.75) is 49.9 Å². The van der Waals surface area contributed by atoms with Gasteiger partial charge in [0.05, 0.1) is 12.5 Å². The third kappa shape index (κ3) is 11.8. The van der Waals surface area contributed by atoms with Crippen LogP contribution in [-0.2, 0) is 28.8 Å². The highest BCUT2D eigenvalue weighted by Crippen LogP contribution is 2.04. The molecule has 0 bridgehead atoms. The van der Waals surface area contributed by atoms with Crippen molar-refractivity contribution in [1.82, 2.24) is 16.0 Å². The predicted octanol–water partition coefficient (Wildman–Crippen LogP) is -2.12. The standard InChI is InChI=1S/C17H28N4O9S2/c1-32-5-4-8(18)14(26)21-11(7-31)16(28)19-9(2-3-12(22)23)15(27)20-10(17(29)30)6-13(24)25/h8-11,31H,2-7,18H2,1H3,(H,19,28)(H,20,27)(H,21,26)(H,22,23)(H,24,25)(H,29,30). The average molecular weight is 497 g/mol. The van der Waals surface area contributed by atoms with Gasteiger partial charge in [0, 0.05) is 12.2 Å². The van der Waals surface area contributed by atoms with Gasteiger partial charge in [-0.05, 0) is 24.9 Å². The Kier molecular flexibility index (Phi) is 14.1. The van der Waals surface area contributed by atoms with E-state index in [1.807, 2.05) is 11.6 Å². The molecule has 0 aliphatic heterocycles. The molecule has 4 unspecified atom stereocenters. The molecule has 13 nitrogen and oxygen atoms in total. The lowest BCUT2D eigenvalue weighted by molar-refractivity contribution is -0.147. The van der Waals surface area contributed by atoms with Crippen LogP contribution in [-0.4, -0.2) is 92.9 Å². The molecule has 15 heteroatoms. The van der Waals surface area contributed by atoms with E-state index in [-0.39, 0.29) is 5.75 Å². The van der Waals surface area contributed by atoms with Crippen molar-refractivity contribution in [3.63, 3.8) is 0 Å². The number of nitrogens with two attached hydrogens (primary N) is 1. The van der Waals surface area contributed by atoms with E-state index in [1.165, 1.54) is 11.8 Å². The van der Waals surface area contributed by atoms with Gasteiger partial charge in [0.25, 0.3) is 0 Å². The number of nitrogens with one attached hydrogen (secondary N) is 3. The van der Waals surface area contributed by atoms with Gasteiger partial charge in [0.15, 0.2) is 0 Å². The van der Waals surface area contributed by atoms with Gasteiger partial charge in [-0.15, -0.1) is 0 Å². The lowest BCUT2D eigenvalue weighted by Crippen LogP contribution is -2.57. The topological polar surface area (TPSA) is 225 Å². The average Bonchev–Trinajstić information content (AvgIpc) is 2.71. The summed E-state index contributed by atoms with van der Waals surface area (Å²) in [5.74, 6) is -6.52. The summed E-state index contributed by atoms with van der Waals surface area (Å²) in [4.78, 5) is 70.0. The SMILES string of the molecule is CSCCC(N)C(=O)NC(CS)C(=O)NC(CCC(=O)O)C(=O)NC(CC(=O)O)C(=O)O. The monoisotopic (exact) mass is 496 g/mol. The Balaban J connectivity index is 5.31. The summed E-state index contributed by atoms with van der Waals surface area (Å²) in [6.07, 6.45) is 0.309. The third-order valence-electron chi connectivity index (χ3n) is 4.06. The van der Waals surface area contributed by atoms with E-state index < -0.39 is 79.1 Å². The van der Waals surface area contributed by atoms with Crippen LogP contribution in [0.1, 0.15) is 25.7 Å². The molecule has 182 valence electrons. The number of thiol groups is 1. The zero-order valence-electron chi connectivity index (χ0n) is 17.3. The molecule has 3 amide bonds. The number of carbonyl (C=O) groups excluding carboxylic acids is 3. The Labute approximate surface area is 193 Å². The third-order valence-corrected chi connectivity index (χ3v) is 5.07. The number of hydrogen-bond donors (Lipinski definition) is 8. The number of aliphatic carboxylic acids is 3. The van der Waals surface area contributed by atoms with Crippen molar-refractivity contribution in [3.05, 3.63) is 0 Å². The van der Waals surface area contributed by atoms with Crippen LogP contribution in [0.4, 0.5) is 0 Å². The largest absolute Gasteiger partial charge is 0.481 e. The van der Waals surface area contributed by atoms with E-state index in [9.17, 15) is 28.8 Å². The van der Waals surface area contributed by atoms with E-state index >= 15 is 0 Å². The maximum Gasteiger partial charge on any atom is 0.326 e. The quantitative estimate of drug-likeness (QED) is 0.108. The molecule has 0 aliphatic rings. The lowest BCUT2D eigenvalue weighted by Gasteiger charge is -2.24. The van der Waals surface area contributed by atoms with Crippen LogP contribution in [0.15, 0.2) is 0 Å². The van der Waals surface area contributed by atoms with Crippen LogP contribution < -0.4 is 21.7 Å². The Bertz CT molecular complexity index is 708. The van der Waals surface area contributed by atoms with Crippen molar-refractivity contribution in [1.29, 1.82) is 0 Å². The van der Waals surface area contributed by atoms with E-state index in [4.69, 9.17) is 21.1 Å². The molecule has 0 rings (SSSR count). The molecule has 0 saturated carbocycles. The van der Waals surface area contributed by atoms with Gasteiger partial charge in [-0.1, -0.05) is 0 Å². The predicted molar refractivity (Wildman–Crippen MR) is 117 cm³/mol. The van der Waals surface area contributed by atoms with Gasteiger partial charge in [-0.3, -0.25) is 24.0 Å². The van der Waals surface area contributed by atoms with Gasteiger partial charge < -0.3 is 37.0 Å². The summed E-state index contributed by atoms with van der Waals surface area (Å²) in [6.45, 7) is 0. The molecule has 0 spiro atoms. The number of carboxylic acids is 3. The molecular formula is C17H28N4O9S2. The lowest BCUT2D eigenvalue weighted by atomic mass is 10.1. The highest BCUT2D eigenvalue weighted by molar-refractivity contribution is 7.98. The normalized spacial score (nSPS) is 14.3. The van der Waals surface area contributed by atoms with Crippen molar-refractivity contribution in [3.8, 4) is 0 Å². The first kappa shape index (κ1) is 29.5. The van der Waals surface area contributed by atoms with E-state index in [1.54, 1.807) is 0 Å². The zero-order valence-corrected chi connectivity index (χ0v) is 19.0. The molecule has 32 heavy (non-hydrogen) atoms. The maximum atomic E-state index is 12.5. The second kappa shape index (κ2) is 15.3. The van der Waals surface area contributed by atoms with E-state index in [0.29, 0.717) is 12.2 Å². The van der Waals surface area contributed by atoms with Crippen molar-refractivity contribution in [2.75, 3.05) is 17.8 Å². The molecule has 0 aromatic rings. The number of carbonyl (C=O) groups is 6. The minimum absolute atomic E-state index is 0.170. The highest BCUT2D eigenvalue weighted by Gasteiger charge is 2.31. The smallest absolute Gasteiger partial charge is 0.326 e. The number of carboxylic acid groups (broad SMARTS) is 3. The van der Waals surface area contributed by atoms with Crippen LogP contribution in [0.3, 0.4) is 0 Å². The van der Waals surface area contributed by atoms with Gasteiger partial charge in [-0.2, -0.15) is 24.4 Å². The van der Waals surface area contributed by atoms with Crippen LogP contribution in [0.2, 0.25) is 0 Å². The van der Waals surface area contributed by atoms with Crippen molar-refractivity contribution in [2.24, 2.45) is 5.73 Å². The van der Waals surface area contributed by atoms with Gasteiger partial charge in [0.2, 0.25) is 17.7 Å². The number of rotatable bonds is 16. The van der Waals surface area contributed by atoms with Crippen molar-refractivity contribution < 1.29 is 44.1 Å². The Morgan fingerprint density at radius 1 is 0.844 bits per heavy atom. The maximum absolute atomic E-state index is 12.5. The first-order valence-electron chi connectivity index (χ1n) is 9.35. The Morgan fingerprint density at radius 3 is 1.84 bits per heavy atom. The molecule has 4 atom stereocenters. The minimum Gasteiger partial charge on any atom is -0.481 e. The number of thioether (sulfide) groups is 1. The minimum atomic E-state index is -1.79. The Morgan fingerprint density at radius 2 is 1.38 bits per heavy atom. The molecule has 8 N–H and O–H groups in total. The van der Waals surface area contributed by atoms with Crippen LogP contribution in [0, 0.1) is 0 Å². The fourth-order valence-electron chi connectivity index (χ4n) is 2.30. The fourth-order valence-corrected chi connectivity index (χ4v) is 3.05. The van der Waals surface area contributed by atoms with Crippen LogP contribution in [0.5, 0.6) is 0 Å². The summed E-state index contributed by atoms with van der Waals surface area (Å²) >= 11 is 5.47. The van der Waals surface area contributed by atoms with Gasteiger partial charge >= 0.3 is 17.9 Å². The number of amides is 3. The zero-order chi connectivity index (χ0) is 24.8.